The normalized spacial score (nSPS) is 17.3. The van der Waals surface area contributed by atoms with Gasteiger partial charge in [0.25, 0.3) is 0 Å². The number of halogens is 2. The molecule has 1 fully saturated rings. The molecule has 1 aromatic carbocycles. The fourth-order valence-electron chi connectivity index (χ4n) is 1.70. The van der Waals surface area contributed by atoms with E-state index in [1.807, 2.05) is 0 Å². The van der Waals surface area contributed by atoms with E-state index in [2.05, 4.69) is 20.7 Å². The number of nitrogens with zero attached hydrogens (tertiary/aromatic N) is 1. The third-order valence-corrected chi connectivity index (χ3v) is 5.34. The van der Waals surface area contributed by atoms with Crippen LogP contribution in [0, 0.1) is 0 Å². The molecule has 0 spiro atoms. The van der Waals surface area contributed by atoms with Crippen molar-refractivity contribution in [3.8, 4) is 0 Å². The van der Waals surface area contributed by atoms with Gasteiger partial charge in [0, 0.05) is 17.6 Å². The molecule has 7 heteroatoms. The van der Waals surface area contributed by atoms with Gasteiger partial charge in [-0.2, -0.15) is 12.7 Å². The van der Waals surface area contributed by atoms with Crippen LogP contribution in [0.4, 0.5) is 5.69 Å². The number of benzene rings is 1. The van der Waals surface area contributed by atoms with Crippen LogP contribution in [0.2, 0.25) is 5.02 Å². The predicted octanol–water partition coefficient (Wildman–Crippen LogP) is 2.86. The quantitative estimate of drug-likeness (QED) is 0.920. The monoisotopic (exact) mass is 338 g/mol. The van der Waals surface area contributed by atoms with E-state index in [0.717, 1.165) is 17.3 Å². The number of hydrogen-bond acceptors (Lipinski definition) is 2. The molecule has 0 atom stereocenters. The number of hydrogen-bond donors (Lipinski definition) is 1. The van der Waals surface area contributed by atoms with Crippen molar-refractivity contribution >= 4 is 43.4 Å². The van der Waals surface area contributed by atoms with Gasteiger partial charge in [-0.15, -0.1) is 0 Å². The zero-order valence-corrected chi connectivity index (χ0v) is 12.1. The molecule has 1 saturated heterocycles. The van der Waals surface area contributed by atoms with Gasteiger partial charge in [0.1, 0.15) is 0 Å². The summed E-state index contributed by atoms with van der Waals surface area (Å²) in [6.07, 6.45) is 1.84. The predicted molar refractivity (Wildman–Crippen MR) is 72.5 cm³/mol. The van der Waals surface area contributed by atoms with Crippen molar-refractivity contribution in [2.45, 2.75) is 12.8 Å². The topological polar surface area (TPSA) is 49.4 Å². The number of rotatable bonds is 3. The summed E-state index contributed by atoms with van der Waals surface area (Å²) < 4.78 is 28.6. The highest BCUT2D eigenvalue weighted by molar-refractivity contribution is 9.10. The lowest BCUT2D eigenvalue weighted by molar-refractivity contribution is 0.482. The second-order valence-corrected chi connectivity index (χ2v) is 6.77. The maximum atomic E-state index is 12.0. The molecular weight excluding hydrogens is 328 g/mol. The second-order valence-electron chi connectivity index (χ2n) is 3.84. The molecule has 94 valence electrons. The molecule has 0 radical (unpaired) electrons. The van der Waals surface area contributed by atoms with E-state index in [0.29, 0.717) is 23.8 Å². The van der Waals surface area contributed by atoms with Gasteiger partial charge in [-0.3, -0.25) is 4.72 Å². The Morgan fingerprint density at radius 2 is 1.94 bits per heavy atom. The Kier molecular flexibility index (Phi) is 3.97. The highest BCUT2D eigenvalue weighted by atomic mass is 79.9. The Labute approximate surface area is 114 Å². The van der Waals surface area contributed by atoms with E-state index in [1.165, 1.54) is 4.31 Å². The Morgan fingerprint density at radius 1 is 1.29 bits per heavy atom. The summed E-state index contributed by atoms with van der Waals surface area (Å²) in [6.45, 7) is 1.17. The SMILES string of the molecule is O=S(=O)(Nc1ccc(Br)c(Cl)c1)N1CCCC1. The van der Waals surface area contributed by atoms with Crippen LogP contribution < -0.4 is 4.72 Å². The number of anilines is 1. The summed E-state index contributed by atoms with van der Waals surface area (Å²) in [5.41, 5.74) is 0.477. The molecule has 0 aromatic heterocycles. The van der Waals surface area contributed by atoms with E-state index in [-0.39, 0.29) is 0 Å². The zero-order valence-electron chi connectivity index (χ0n) is 8.99. The van der Waals surface area contributed by atoms with Crippen molar-refractivity contribution in [2.24, 2.45) is 0 Å². The highest BCUT2D eigenvalue weighted by Crippen LogP contribution is 2.26. The van der Waals surface area contributed by atoms with E-state index in [4.69, 9.17) is 11.6 Å². The van der Waals surface area contributed by atoms with Gasteiger partial charge in [0.15, 0.2) is 0 Å². The van der Waals surface area contributed by atoms with Crippen molar-refractivity contribution in [3.05, 3.63) is 27.7 Å². The molecule has 0 amide bonds. The van der Waals surface area contributed by atoms with E-state index < -0.39 is 10.2 Å². The van der Waals surface area contributed by atoms with Crippen molar-refractivity contribution in [3.63, 3.8) is 0 Å². The Morgan fingerprint density at radius 3 is 2.53 bits per heavy atom. The largest absolute Gasteiger partial charge is 0.301 e. The lowest BCUT2D eigenvalue weighted by atomic mass is 10.3. The molecule has 17 heavy (non-hydrogen) atoms. The van der Waals surface area contributed by atoms with Gasteiger partial charge in [-0.25, -0.2) is 0 Å². The standard InChI is InChI=1S/C10H12BrClN2O2S/c11-9-4-3-8(7-10(9)12)13-17(15,16)14-5-1-2-6-14/h3-4,7,13H,1-2,5-6H2. The smallest absolute Gasteiger partial charge is 0.271 e. The van der Waals surface area contributed by atoms with Crippen LogP contribution in [0.1, 0.15) is 12.8 Å². The molecule has 1 heterocycles. The first kappa shape index (κ1) is 13.1. The van der Waals surface area contributed by atoms with Crippen molar-refractivity contribution in [2.75, 3.05) is 17.8 Å². The number of nitrogens with one attached hydrogen (secondary N) is 1. The van der Waals surface area contributed by atoms with Gasteiger partial charge in [0.2, 0.25) is 0 Å². The van der Waals surface area contributed by atoms with Crippen LogP contribution in [-0.2, 0) is 10.2 Å². The van der Waals surface area contributed by atoms with Crippen molar-refractivity contribution in [1.29, 1.82) is 0 Å². The minimum atomic E-state index is -3.43. The lowest BCUT2D eigenvalue weighted by Crippen LogP contribution is -2.33. The van der Waals surface area contributed by atoms with E-state index >= 15 is 0 Å². The van der Waals surface area contributed by atoms with Crippen molar-refractivity contribution < 1.29 is 8.42 Å². The summed E-state index contributed by atoms with van der Waals surface area (Å²) in [6, 6.07) is 4.97. The Hall–Kier alpha value is -0.300. The van der Waals surface area contributed by atoms with E-state index in [9.17, 15) is 8.42 Å². The molecule has 1 N–H and O–H groups in total. The Balaban J connectivity index is 2.17. The van der Waals surface area contributed by atoms with Crippen LogP contribution in [0.25, 0.3) is 0 Å². The molecule has 4 nitrogen and oxygen atoms in total. The first-order valence-electron chi connectivity index (χ1n) is 5.22. The van der Waals surface area contributed by atoms with Crippen LogP contribution in [0.15, 0.2) is 22.7 Å². The summed E-state index contributed by atoms with van der Waals surface area (Å²) in [7, 11) is -3.43. The minimum Gasteiger partial charge on any atom is -0.271 e. The highest BCUT2D eigenvalue weighted by Gasteiger charge is 2.25. The van der Waals surface area contributed by atoms with Crippen molar-refractivity contribution in [1.82, 2.24) is 4.31 Å². The maximum absolute atomic E-state index is 12.0. The average molecular weight is 340 g/mol. The molecule has 2 rings (SSSR count). The first-order valence-corrected chi connectivity index (χ1v) is 7.83. The molecule has 1 aliphatic rings. The molecule has 1 aliphatic heterocycles. The van der Waals surface area contributed by atoms with Gasteiger partial charge >= 0.3 is 10.2 Å². The molecule has 0 saturated carbocycles. The molecule has 0 aliphatic carbocycles. The van der Waals surface area contributed by atoms with Crippen LogP contribution >= 0.6 is 27.5 Å². The van der Waals surface area contributed by atoms with E-state index in [1.54, 1.807) is 18.2 Å². The lowest BCUT2D eigenvalue weighted by Gasteiger charge is -2.17. The molecule has 0 bridgehead atoms. The molecule has 1 aromatic rings. The van der Waals surface area contributed by atoms with Crippen LogP contribution in [-0.4, -0.2) is 25.8 Å². The third kappa shape index (κ3) is 3.13. The van der Waals surface area contributed by atoms with Crippen LogP contribution in [0.5, 0.6) is 0 Å². The van der Waals surface area contributed by atoms with Gasteiger partial charge < -0.3 is 0 Å². The van der Waals surface area contributed by atoms with Gasteiger partial charge in [0.05, 0.1) is 10.7 Å². The maximum Gasteiger partial charge on any atom is 0.301 e. The minimum absolute atomic E-state index is 0.477. The Bertz CT molecular complexity index is 515. The summed E-state index contributed by atoms with van der Waals surface area (Å²) >= 11 is 9.16. The fraction of sp³-hybridized carbons (Fsp3) is 0.400. The van der Waals surface area contributed by atoms with Gasteiger partial charge in [-0.05, 0) is 47.0 Å². The fourth-order valence-corrected chi connectivity index (χ4v) is 3.42. The average Bonchev–Trinajstić information content (AvgIpc) is 2.77. The third-order valence-electron chi connectivity index (χ3n) is 2.57. The zero-order chi connectivity index (χ0) is 12.5. The first-order chi connectivity index (χ1) is 7.99. The summed E-state index contributed by atoms with van der Waals surface area (Å²) in [4.78, 5) is 0. The molecule has 0 unspecified atom stereocenters. The second kappa shape index (κ2) is 5.14. The van der Waals surface area contributed by atoms with Gasteiger partial charge in [-0.1, -0.05) is 11.6 Å². The van der Waals surface area contributed by atoms with Crippen LogP contribution in [0.3, 0.4) is 0 Å². The summed E-state index contributed by atoms with van der Waals surface area (Å²) in [5.74, 6) is 0. The summed E-state index contributed by atoms with van der Waals surface area (Å²) in [5, 5.41) is 0.478. The molecular formula is C10H12BrClN2O2S.